The van der Waals surface area contributed by atoms with E-state index >= 15 is 0 Å². The van der Waals surface area contributed by atoms with Crippen molar-refractivity contribution in [3.05, 3.63) is 77.7 Å². The second-order valence-corrected chi connectivity index (χ2v) is 5.70. The first-order valence-electron chi connectivity index (χ1n) is 7.72. The van der Waals surface area contributed by atoms with E-state index < -0.39 is 0 Å². The van der Waals surface area contributed by atoms with Crippen LogP contribution in [0.3, 0.4) is 0 Å². The summed E-state index contributed by atoms with van der Waals surface area (Å²) in [5.74, 6) is 0.681. The molecule has 3 nitrogen and oxygen atoms in total. The van der Waals surface area contributed by atoms with Crippen molar-refractivity contribution in [1.82, 2.24) is 9.97 Å². The van der Waals surface area contributed by atoms with Gasteiger partial charge in [0.2, 0.25) is 0 Å². The van der Waals surface area contributed by atoms with Crippen LogP contribution in [0.15, 0.2) is 53.5 Å². The second-order valence-electron chi connectivity index (χ2n) is 5.70. The third kappa shape index (κ3) is 3.03. The van der Waals surface area contributed by atoms with Gasteiger partial charge in [0.05, 0.1) is 5.82 Å². The zero-order valence-corrected chi connectivity index (χ0v) is 15.3. The van der Waals surface area contributed by atoms with E-state index in [1.165, 1.54) is 0 Å². The van der Waals surface area contributed by atoms with Crippen molar-refractivity contribution in [2.75, 3.05) is 0 Å². The third-order valence-electron chi connectivity index (χ3n) is 3.97. The van der Waals surface area contributed by atoms with Crippen LogP contribution in [0, 0.1) is 12.1 Å². The average molecular weight is 500 g/mol. The van der Waals surface area contributed by atoms with E-state index in [0.29, 0.717) is 5.82 Å². The number of fused-ring (bicyclic) bond motifs is 10. The normalized spacial score (nSPS) is 12.2. The number of hydrogen-bond donors (Lipinski definition) is 0. The van der Waals surface area contributed by atoms with Crippen molar-refractivity contribution in [3.8, 4) is 0 Å². The van der Waals surface area contributed by atoms with Gasteiger partial charge in [-0.3, -0.25) is 15.0 Å². The molecule has 2 aliphatic heterocycles. The van der Waals surface area contributed by atoms with E-state index in [9.17, 15) is 0 Å². The van der Waals surface area contributed by atoms with Crippen molar-refractivity contribution in [2.24, 2.45) is 4.99 Å². The molecule has 2 aromatic carbocycles. The minimum Gasteiger partial charge on any atom is -0.295 e. The fraction of sp³-hybridized carbons (Fsp3) is 0. The molecule has 0 atom stereocenters. The number of nitrogens with zero attached hydrogens (tertiary/aromatic N) is 3. The molecule has 3 heterocycles. The number of aromatic nitrogens is 2. The summed E-state index contributed by atoms with van der Waals surface area (Å²) in [6, 6.07) is 22.7. The fourth-order valence-corrected chi connectivity index (χ4v) is 2.86. The van der Waals surface area contributed by atoms with E-state index in [0.717, 1.165) is 38.6 Å². The van der Waals surface area contributed by atoms with Crippen LogP contribution in [0.1, 0.15) is 17.1 Å². The Bertz CT molecular complexity index is 1070. The Morgan fingerprint density at radius 3 is 2.28 bits per heavy atom. The molecule has 0 unspecified atom stereocenters. The van der Waals surface area contributed by atoms with Crippen LogP contribution in [0.2, 0.25) is 0 Å². The van der Waals surface area contributed by atoms with Gasteiger partial charge in [-0.25, -0.2) is 0 Å². The minimum atomic E-state index is 0. The molecule has 0 saturated carbocycles. The summed E-state index contributed by atoms with van der Waals surface area (Å²) in [7, 11) is 0. The molecule has 5 rings (SSSR count). The van der Waals surface area contributed by atoms with Crippen molar-refractivity contribution < 1.29 is 21.1 Å². The van der Waals surface area contributed by atoms with Crippen LogP contribution >= 0.6 is 0 Å². The molecule has 0 spiro atoms. The Kier molecular flexibility index (Phi) is 4.02. The van der Waals surface area contributed by atoms with E-state index in [4.69, 9.17) is 0 Å². The molecule has 0 fully saturated rings. The van der Waals surface area contributed by atoms with Crippen LogP contribution in [0.5, 0.6) is 0 Å². The molecule has 1 aromatic heterocycles. The monoisotopic (exact) mass is 500 g/mol. The van der Waals surface area contributed by atoms with Crippen molar-refractivity contribution in [1.29, 1.82) is 0 Å². The SMILES string of the molecule is [Pt+2].[c-]1c2cccc1c1nc(cc3[c-]c(ccc3)c3nc(c2)C=N3)C=C1. The average Bonchev–Trinajstić information content (AvgIpc) is 3.24. The summed E-state index contributed by atoms with van der Waals surface area (Å²) >= 11 is 0. The summed E-state index contributed by atoms with van der Waals surface area (Å²) in [5, 5.41) is 3.77. The molecule has 0 aliphatic carbocycles. The molecular formula is C21H11N3Pt. The van der Waals surface area contributed by atoms with Gasteiger partial charge in [0.15, 0.2) is 0 Å². The van der Waals surface area contributed by atoms with E-state index in [1.807, 2.05) is 60.7 Å². The Balaban J connectivity index is 0.00000157. The maximum absolute atomic E-state index is 4.69. The van der Waals surface area contributed by atoms with Crippen LogP contribution < -0.4 is 0 Å². The Morgan fingerprint density at radius 2 is 1.44 bits per heavy atom. The first-order chi connectivity index (χ1) is 11.8. The molecule has 2 aliphatic rings. The summed E-state index contributed by atoms with van der Waals surface area (Å²) in [4.78, 5) is 13.7. The summed E-state index contributed by atoms with van der Waals surface area (Å²) < 4.78 is 0. The second kappa shape index (κ2) is 6.34. The molecule has 0 saturated heterocycles. The standard InChI is InChI=1S/C21H11N3.Pt/c1-3-14-9-16(5-1)20-8-7-18(23-20)11-15-4-2-6-17(10-15)21-22-13-19(12-14)24-21;/h1-8,11-13H;/q-2;+2. The molecule has 0 amide bonds. The van der Waals surface area contributed by atoms with E-state index in [-0.39, 0.29) is 21.1 Å². The first kappa shape index (κ1) is 15.9. The van der Waals surface area contributed by atoms with Crippen LogP contribution in [-0.2, 0) is 21.1 Å². The summed E-state index contributed by atoms with van der Waals surface area (Å²) in [6.07, 6.45) is 5.80. The van der Waals surface area contributed by atoms with E-state index in [1.54, 1.807) is 6.21 Å². The predicted molar refractivity (Wildman–Crippen MR) is 97.3 cm³/mol. The van der Waals surface area contributed by atoms with Crippen LogP contribution in [0.25, 0.3) is 33.7 Å². The molecular weight excluding hydrogens is 489 g/mol. The molecule has 4 heteroatoms. The third-order valence-corrected chi connectivity index (χ3v) is 3.97. The van der Waals surface area contributed by atoms with Gasteiger partial charge in [0.1, 0.15) is 0 Å². The number of rotatable bonds is 0. The molecule has 8 bridgehead atoms. The Labute approximate surface area is 159 Å². The van der Waals surface area contributed by atoms with Crippen molar-refractivity contribution >= 4 is 45.7 Å². The van der Waals surface area contributed by atoms with Gasteiger partial charge < -0.3 is 0 Å². The van der Waals surface area contributed by atoms with Gasteiger partial charge in [0.25, 0.3) is 0 Å². The molecule has 0 N–H and O–H groups in total. The van der Waals surface area contributed by atoms with Gasteiger partial charge >= 0.3 is 21.1 Å². The Hall–Kier alpha value is -2.64. The van der Waals surface area contributed by atoms with Gasteiger partial charge in [-0.1, -0.05) is 35.1 Å². The van der Waals surface area contributed by atoms with Crippen LogP contribution in [0.4, 0.5) is 5.82 Å². The zero-order chi connectivity index (χ0) is 15.9. The molecule has 0 radical (unpaired) electrons. The number of hydrogen-bond acceptors (Lipinski definition) is 3. The van der Waals surface area contributed by atoms with Crippen LogP contribution in [-0.4, -0.2) is 16.2 Å². The smallest absolute Gasteiger partial charge is 0.295 e. The summed E-state index contributed by atoms with van der Waals surface area (Å²) in [6.45, 7) is 0. The van der Waals surface area contributed by atoms with Gasteiger partial charge in [-0.15, -0.1) is 59.3 Å². The maximum Gasteiger partial charge on any atom is 2.00 e. The predicted octanol–water partition coefficient (Wildman–Crippen LogP) is 4.62. The van der Waals surface area contributed by atoms with Crippen molar-refractivity contribution in [2.45, 2.75) is 0 Å². The number of aliphatic imine (C=N–C) groups is 1. The fourth-order valence-electron chi connectivity index (χ4n) is 2.86. The zero-order valence-electron chi connectivity index (χ0n) is 13.0. The first-order valence-corrected chi connectivity index (χ1v) is 7.72. The number of benzene rings is 2. The van der Waals surface area contributed by atoms with E-state index in [2.05, 4.69) is 27.1 Å². The molecule has 3 aromatic rings. The molecule has 25 heavy (non-hydrogen) atoms. The Morgan fingerprint density at radius 1 is 0.720 bits per heavy atom. The van der Waals surface area contributed by atoms with Crippen molar-refractivity contribution in [3.63, 3.8) is 0 Å². The topological polar surface area (TPSA) is 38.1 Å². The molecule has 120 valence electrons. The quantitative estimate of drug-likeness (QED) is 0.291. The maximum atomic E-state index is 4.69. The summed E-state index contributed by atoms with van der Waals surface area (Å²) in [5.41, 5.74) is 2.63. The minimum absolute atomic E-state index is 0. The van der Waals surface area contributed by atoms with Gasteiger partial charge in [0, 0.05) is 23.3 Å². The largest absolute Gasteiger partial charge is 2.00 e. The van der Waals surface area contributed by atoms with Gasteiger partial charge in [-0.05, 0) is 0 Å². The van der Waals surface area contributed by atoms with Gasteiger partial charge in [-0.2, -0.15) is 0 Å².